The van der Waals surface area contributed by atoms with Crippen molar-refractivity contribution in [3.05, 3.63) is 258 Å². The zero-order chi connectivity index (χ0) is 41.9. The Bertz CT molecular complexity index is 3430. The quantitative estimate of drug-likeness (QED) is 0.113. The van der Waals surface area contributed by atoms with Crippen molar-refractivity contribution < 1.29 is 0 Å². The number of para-hydroxylation sites is 2. The Morgan fingerprint density at radius 3 is 1.70 bits per heavy atom. The molecular formula is C58H43N5. The number of nitrogens with two attached hydrogens (primary N) is 1. The number of fused-ring (bicyclic) bond motifs is 9. The standard InChI is InChI=1S/C58H43N5/c59-56(40-20-6-2-7-21-40)61-57(60-38-39-18-4-1-5-19-39)63-54-35-33-43(62-52-30-16-12-26-46(52)47-27-13-17-31-53(47)62)37-49(54)48-34-32-42(36-55(48)63)58(41-22-8-3-9-23-41)50-28-14-10-24-44(50)45-25-11-15-29-51(45)58/h1-37,57,60H,38H2,(H2,59,61). The van der Waals surface area contributed by atoms with E-state index in [1.807, 2.05) is 30.3 Å². The lowest BCUT2D eigenvalue weighted by molar-refractivity contribution is 0.439. The van der Waals surface area contributed by atoms with Crippen molar-refractivity contribution >= 4 is 49.4 Å². The lowest BCUT2D eigenvalue weighted by atomic mass is 9.67. The number of amidine groups is 1. The molecule has 5 nitrogen and oxygen atoms in total. The minimum Gasteiger partial charge on any atom is -0.383 e. The Morgan fingerprint density at radius 2 is 1.03 bits per heavy atom. The molecule has 0 fully saturated rings. The number of hydrogen-bond donors (Lipinski definition) is 2. The fraction of sp³-hybridized carbons (Fsp3) is 0.0517. The molecule has 63 heavy (non-hydrogen) atoms. The number of aromatic nitrogens is 2. The Morgan fingerprint density at radius 1 is 0.476 bits per heavy atom. The van der Waals surface area contributed by atoms with Gasteiger partial charge in [0.05, 0.1) is 27.5 Å². The second kappa shape index (κ2) is 14.9. The molecule has 1 aliphatic carbocycles. The number of benzene rings is 9. The summed E-state index contributed by atoms with van der Waals surface area (Å²) in [7, 11) is 0. The van der Waals surface area contributed by atoms with Crippen LogP contribution in [-0.4, -0.2) is 15.0 Å². The number of hydrogen-bond acceptors (Lipinski definition) is 2. The predicted octanol–water partition coefficient (Wildman–Crippen LogP) is 12.9. The highest BCUT2D eigenvalue weighted by Gasteiger charge is 2.46. The van der Waals surface area contributed by atoms with Gasteiger partial charge in [0.15, 0.2) is 6.29 Å². The van der Waals surface area contributed by atoms with Crippen LogP contribution in [0.4, 0.5) is 0 Å². The molecule has 12 rings (SSSR count). The predicted molar refractivity (Wildman–Crippen MR) is 261 cm³/mol. The molecule has 300 valence electrons. The molecule has 0 bridgehead atoms. The van der Waals surface area contributed by atoms with Gasteiger partial charge in [-0.1, -0.05) is 188 Å². The van der Waals surface area contributed by atoms with Gasteiger partial charge in [-0.15, -0.1) is 0 Å². The number of rotatable bonds is 9. The fourth-order valence-corrected chi connectivity index (χ4v) is 10.4. The maximum absolute atomic E-state index is 6.98. The van der Waals surface area contributed by atoms with E-state index in [1.54, 1.807) is 0 Å². The van der Waals surface area contributed by atoms with Gasteiger partial charge in [-0.2, -0.15) is 0 Å². The summed E-state index contributed by atoms with van der Waals surface area (Å²) in [4.78, 5) is 5.37. The molecule has 1 unspecified atom stereocenters. The topological polar surface area (TPSA) is 60.3 Å². The van der Waals surface area contributed by atoms with Crippen LogP contribution >= 0.6 is 0 Å². The molecule has 0 radical (unpaired) electrons. The van der Waals surface area contributed by atoms with E-state index in [-0.39, 0.29) is 0 Å². The lowest BCUT2D eigenvalue weighted by Crippen LogP contribution is -2.29. The van der Waals surface area contributed by atoms with E-state index in [9.17, 15) is 0 Å². The van der Waals surface area contributed by atoms with E-state index >= 15 is 0 Å². The Balaban J connectivity index is 1.16. The first kappa shape index (κ1) is 36.8. The van der Waals surface area contributed by atoms with Crippen LogP contribution < -0.4 is 11.1 Å². The van der Waals surface area contributed by atoms with Crippen molar-refractivity contribution in [1.82, 2.24) is 14.5 Å². The molecule has 3 N–H and O–H groups in total. The maximum atomic E-state index is 6.98. The highest BCUT2D eigenvalue weighted by Crippen LogP contribution is 2.56. The van der Waals surface area contributed by atoms with Gasteiger partial charge in [0.1, 0.15) is 5.84 Å². The van der Waals surface area contributed by atoms with Gasteiger partial charge in [0.25, 0.3) is 0 Å². The third-order valence-corrected chi connectivity index (χ3v) is 13.1. The zero-order valence-corrected chi connectivity index (χ0v) is 34.6. The summed E-state index contributed by atoms with van der Waals surface area (Å²) in [5.41, 5.74) is 21.5. The van der Waals surface area contributed by atoms with Gasteiger partial charge in [0.2, 0.25) is 0 Å². The van der Waals surface area contributed by atoms with Gasteiger partial charge >= 0.3 is 0 Å². The van der Waals surface area contributed by atoms with E-state index in [0.717, 1.165) is 38.6 Å². The molecule has 0 aliphatic heterocycles. The number of nitrogens with zero attached hydrogens (tertiary/aromatic N) is 3. The van der Waals surface area contributed by atoms with Crippen LogP contribution in [0.15, 0.2) is 229 Å². The highest BCUT2D eigenvalue weighted by atomic mass is 15.3. The molecule has 2 aromatic heterocycles. The molecule has 0 saturated carbocycles. The smallest absolute Gasteiger partial charge is 0.183 e. The zero-order valence-electron chi connectivity index (χ0n) is 34.6. The number of aliphatic imine (C=N–C) groups is 1. The maximum Gasteiger partial charge on any atom is 0.183 e. The molecule has 11 aromatic rings. The van der Waals surface area contributed by atoms with Crippen LogP contribution in [0.2, 0.25) is 0 Å². The molecule has 1 aliphatic rings. The van der Waals surface area contributed by atoms with E-state index in [2.05, 4.69) is 209 Å². The van der Waals surface area contributed by atoms with Gasteiger partial charge in [-0.3, -0.25) is 5.32 Å². The summed E-state index contributed by atoms with van der Waals surface area (Å²) >= 11 is 0. The minimum absolute atomic E-state index is 0.466. The third kappa shape index (κ3) is 5.78. The summed E-state index contributed by atoms with van der Waals surface area (Å²) in [6, 6.07) is 80.8. The normalized spacial score (nSPS) is 13.7. The molecule has 1 atom stereocenters. The monoisotopic (exact) mass is 809 g/mol. The van der Waals surface area contributed by atoms with Crippen LogP contribution in [-0.2, 0) is 12.0 Å². The average molecular weight is 810 g/mol. The highest BCUT2D eigenvalue weighted by molar-refractivity contribution is 6.12. The van der Waals surface area contributed by atoms with E-state index in [0.29, 0.717) is 12.4 Å². The van der Waals surface area contributed by atoms with Crippen molar-refractivity contribution in [3.8, 4) is 16.8 Å². The number of nitrogens with one attached hydrogen (secondary N) is 1. The molecule has 2 heterocycles. The Kier molecular flexibility index (Phi) is 8.70. The molecule has 0 saturated heterocycles. The van der Waals surface area contributed by atoms with E-state index in [4.69, 9.17) is 10.7 Å². The van der Waals surface area contributed by atoms with Crippen molar-refractivity contribution in [2.75, 3.05) is 0 Å². The summed E-state index contributed by atoms with van der Waals surface area (Å²) < 4.78 is 4.77. The SMILES string of the molecule is N/C(=N\C(NCc1ccccc1)n1c2ccc(-n3c4ccccc4c4ccccc43)cc2c2ccc(C3(c4ccccc4)c4ccccc4-c4ccccc43)cc21)c1ccccc1. The second-order valence-corrected chi connectivity index (χ2v) is 16.5. The van der Waals surface area contributed by atoms with Crippen molar-refractivity contribution in [2.45, 2.75) is 18.2 Å². The first-order valence-corrected chi connectivity index (χ1v) is 21.7. The first-order valence-electron chi connectivity index (χ1n) is 21.7. The summed E-state index contributed by atoms with van der Waals surface area (Å²) in [6.45, 7) is 0.589. The Labute approximate surface area is 366 Å². The van der Waals surface area contributed by atoms with Gasteiger partial charge in [-0.25, -0.2) is 4.99 Å². The molecule has 0 spiro atoms. The first-order chi connectivity index (χ1) is 31.2. The molecule has 0 amide bonds. The van der Waals surface area contributed by atoms with Crippen LogP contribution in [0.25, 0.3) is 60.4 Å². The summed E-state index contributed by atoms with van der Waals surface area (Å²) in [6.07, 6.45) is -0.560. The summed E-state index contributed by atoms with van der Waals surface area (Å²) in [5, 5.41) is 8.61. The van der Waals surface area contributed by atoms with Crippen LogP contribution in [0.5, 0.6) is 0 Å². The summed E-state index contributed by atoms with van der Waals surface area (Å²) in [5.74, 6) is 0.466. The largest absolute Gasteiger partial charge is 0.383 e. The second-order valence-electron chi connectivity index (χ2n) is 16.5. The third-order valence-electron chi connectivity index (χ3n) is 13.1. The van der Waals surface area contributed by atoms with Crippen molar-refractivity contribution in [3.63, 3.8) is 0 Å². The molecule has 5 heteroatoms. The van der Waals surface area contributed by atoms with Gasteiger partial charge in [0, 0.05) is 39.3 Å². The van der Waals surface area contributed by atoms with E-state index < -0.39 is 11.7 Å². The van der Waals surface area contributed by atoms with Crippen LogP contribution in [0.3, 0.4) is 0 Å². The van der Waals surface area contributed by atoms with Crippen molar-refractivity contribution in [2.24, 2.45) is 10.7 Å². The van der Waals surface area contributed by atoms with Gasteiger partial charge < -0.3 is 14.9 Å². The van der Waals surface area contributed by atoms with Crippen molar-refractivity contribution in [1.29, 1.82) is 0 Å². The van der Waals surface area contributed by atoms with Gasteiger partial charge in [-0.05, 0) is 75.3 Å². The van der Waals surface area contributed by atoms with Crippen LogP contribution in [0.1, 0.15) is 39.7 Å². The fourth-order valence-electron chi connectivity index (χ4n) is 10.4. The van der Waals surface area contributed by atoms with E-state index in [1.165, 1.54) is 55.2 Å². The Hall–Kier alpha value is -7.99. The lowest BCUT2D eigenvalue weighted by Gasteiger charge is -2.34. The minimum atomic E-state index is -0.572. The average Bonchev–Trinajstić information content (AvgIpc) is 3.97. The molecule has 9 aromatic carbocycles. The van der Waals surface area contributed by atoms with Crippen LogP contribution in [0, 0.1) is 0 Å². The molecular weight excluding hydrogens is 767 g/mol.